The average molecular weight is 1210 g/mol. The summed E-state index contributed by atoms with van der Waals surface area (Å²) < 4.78 is 35.0. The van der Waals surface area contributed by atoms with Gasteiger partial charge >= 0.3 is 5.97 Å². The van der Waals surface area contributed by atoms with E-state index in [2.05, 4.69) is 15.5 Å². The summed E-state index contributed by atoms with van der Waals surface area (Å²) in [7, 11) is 0. The van der Waals surface area contributed by atoms with Crippen LogP contribution in [-0.2, 0) is 38.0 Å². The van der Waals surface area contributed by atoms with E-state index in [9.17, 15) is 81.1 Å². The molecule has 25 heteroatoms. The zero-order valence-electron chi connectivity index (χ0n) is 49.2. The van der Waals surface area contributed by atoms with Crippen LogP contribution in [0.4, 0.5) is 0 Å². The maximum absolute atomic E-state index is 14.2. The highest BCUT2D eigenvalue weighted by Gasteiger charge is 2.53. The third-order valence-corrected chi connectivity index (χ3v) is 16.3. The molecule has 85 heavy (non-hydrogen) atoms. The number of nitrogens with one attached hydrogen (secondary N) is 2. The number of carbonyl (C=O) groups is 2. The number of nitrogens with zero attached hydrogens (tertiary/aromatic N) is 1. The number of carbonyl (C=O) groups excluding carboxylic acids is 2. The van der Waals surface area contributed by atoms with Gasteiger partial charge in [-0.3, -0.25) is 14.5 Å². The van der Waals surface area contributed by atoms with Gasteiger partial charge in [0.05, 0.1) is 112 Å². The Hall–Kier alpha value is -3.72. The second kappa shape index (κ2) is 35.5. The Balaban J connectivity index is 1.42. The molecule has 0 aromatic heterocycles. The van der Waals surface area contributed by atoms with Crippen LogP contribution in [0.15, 0.2) is 85.1 Å². The lowest BCUT2D eigenvalue weighted by molar-refractivity contribution is -0.323. The zero-order valence-corrected chi connectivity index (χ0v) is 49.2. The number of fused-ring (bicyclic) bond motifs is 2. The van der Waals surface area contributed by atoms with Gasteiger partial charge in [0.1, 0.15) is 30.5 Å². The van der Waals surface area contributed by atoms with Gasteiger partial charge in [-0.25, -0.2) is 0 Å². The van der Waals surface area contributed by atoms with E-state index in [0.717, 1.165) is 13.1 Å². The summed E-state index contributed by atoms with van der Waals surface area (Å²) in [6, 6.07) is -1.34. The van der Waals surface area contributed by atoms with Gasteiger partial charge in [0.2, 0.25) is 11.7 Å². The molecule has 0 aromatic rings. The summed E-state index contributed by atoms with van der Waals surface area (Å²) >= 11 is 0. The van der Waals surface area contributed by atoms with E-state index < -0.39 is 184 Å². The monoisotopic (exact) mass is 1210 g/mol. The van der Waals surface area contributed by atoms with Gasteiger partial charge in [0.25, 0.3) is 0 Å². The highest BCUT2D eigenvalue weighted by atomic mass is 16.7. The molecule has 2 bridgehead atoms. The number of amides is 1. The minimum Gasteiger partial charge on any atom is -0.462 e. The number of ether oxygens (including phenoxy) is 6. The Morgan fingerprint density at radius 3 is 1.94 bits per heavy atom. The van der Waals surface area contributed by atoms with E-state index in [-0.39, 0.29) is 38.1 Å². The fourth-order valence-electron chi connectivity index (χ4n) is 11.0. The Kier molecular flexibility index (Phi) is 30.1. The number of aliphatic hydroxyl groups is 14. The van der Waals surface area contributed by atoms with Gasteiger partial charge in [-0.1, -0.05) is 98.9 Å². The Morgan fingerprint density at radius 1 is 0.671 bits per heavy atom. The molecule has 16 N–H and O–H groups in total. The zero-order chi connectivity index (χ0) is 62.4. The predicted octanol–water partition coefficient (Wildman–Crippen LogP) is -2.10. The molecule has 5 aliphatic rings. The first-order chi connectivity index (χ1) is 40.3. The molecule has 0 spiro atoms. The fourth-order valence-corrected chi connectivity index (χ4v) is 11.0. The summed E-state index contributed by atoms with van der Waals surface area (Å²) in [5.74, 6) is -8.36. The van der Waals surface area contributed by atoms with Crippen molar-refractivity contribution in [3.05, 3.63) is 85.1 Å². The minimum atomic E-state index is -2.47. The minimum absolute atomic E-state index is 0.130. The molecule has 0 radical (unpaired) electrons. The largest absolute Gasteiger partial charge is 0.462 e. The van der Waals surface area contributed by atoms with Crippen molar-refractivity contribution in [3.63, 3.8) is 0 Å². The average Bonchev–Trinajstić information content (AvgIpc) is 2.08. The van der Waals surface area contributed by atoms with E-state index in [4.69, 9.17) is 28.4 Å². The van der Waals surface area contributed by atoms with Crippen LogP contribution >= 0.6 is 0 Å². The topological polar surface area (TPSA) is 400 Å². The highest BCUT2D eigenvalue weighted by Crippen LogP contribution is 2.39. The highest BCUT2D eigenvalue weighted by molar-refractivity contribution is 5.80. The lowest BCUT2D eigenvalue weighted by Crippen LogP contribution is -2.69. The Bertz CT molecular complexity index is 2210. The van der Waals surface area contributed by atoms with E-state index in [1.807, 2.05) is 13.0 Å². The first-order valence-electron chi connectivity index (χ1n) is 29.7. The number of cyclic esters (lactones) is 1. The van der Waals surface area contributed by atoms with E-state index >= 15 is 0 Å². The first-order valence-corrected chi connectivity index (χ1v) is 29.7. The summed E-state index contributed by atoms with van der Waals surface area (Å²) in [6.07, 6.45) is -2.45. The molecule has 484 valence electrons. The van der Waals surface area contributed by atoms with Gasteiger partial charge in [-0.15, -0.1) is 0 Å². The molecule has 25 nitrogen and oxygen atoms in total. The van der Waals surface area contributed by atoms with E-state index in [1.54, 1.807) is 86.8 Å². The van der Waals surface area contributed by atoms with Crippen molar-refractivity contribution in [2.75, 3.05) is 52.5 Å². The smallest absolute Gasteiger partial charge is 0.308 e. The molecule has 5 rings (SSSR count). The number of allylic oxidation sites excluding steroid dienone is 12. The number of hydrogen-bond donors (Lipinski definition) is 16. The standard InChI is InChI=1S/C60H97N3O22/c1-36-18-15-13-11-9-7-5-6-8-10-12-14-16-19-43(84-58-55(75)51(53(73)39(4)83-58)62-35-60(79)56(76)54(74)47(70)34-81-60)31-48-50(57(77)61-22-17-23-63-24-26-80-27-25-63)46(69)33-59(78,85-48)32-42(66)29-45(68)44(67)21-20-40(64)28-41(65)30-49(71)82-38(3)37(2)52(36)72/h5-16,18-19,36-48,50-56,58,62,64-70,72-76,78-79H,17,20-35H2,1-4H3,(H,61,77)/t36-,37-,38-,39+,40+,41+,42-,43-,44+,45+,46-,47+,48?,50?,51-,52+,53+,54+,55-,56-,58?,59+,60+/m0/s1. The van der Waals surface area contributed by atoms with Crippen molar-refractivity contribution in [1.29, 1.82) is 0 Å². The van der Waals surface area contributed by atoms with Gasteiger partial charge in [0, 0.05) is 57.2 Å². The van der Waals surface area contributed by atoms with Crippen LogP contribution in [0, 0.1) is 17.8 Å². The van der Waals surface area contributed by atoms with Crippen molar-refractivity contribution in [1.82, 2.24) is 15.5 Å². The predicted molar refractivity (Wildman–Crippen MR) is 307 cm³/mol. The van der Waals surface area contributed by atoms with Crippen LogP contribution in [0.3, 0.4) is 0 Å². The first kappa shape index (κ1) is 72.0. The summed E-state index contributed by atoms with van der Waals surface area (Å²) in [4.78, 5) is 29.2. The molecule has 5 heterocycles. The molecule has 5 aliphatic heterocycles. The van der Waals surface area contributed by atoms with Crippen LogP contribution in [0.5, 0.6) is 0 Å². The number of morpholine rings is 1. The van der Waals surface area contributed by atoms with Crippen LogP contribution < -0.4 is 10.6 Å². The summed E-state index contributed by atoms with van der Waals surface area (Å²) in [5.41, 5.74) is 0. The SMILES string of the molecule is C[C@@H]1[C@H](O)[C@@H](C)C=CC=CC=CC=CC=CC=CC=C[C@H](OC2O[C@H](C)[C@@H](O)[C@H](NC[C@@]3(O)OC[C@@H](O)[C@@H](O)[C@@H]3O)[C@@H]2O)CC2O[C@](O)(C[C@@H](O)C[C@@H](O)[C@H](O)CC[C@@H](O)C[C@@H](O)CC(=O)O[C@H]1C)C[C@H](O)C2C(=O)NCCCN1CCOCC1. The second-order valence-corrected chi connectivity index (χ2v) is 23.3. The quantitative estimate of drug-likeness (QED) is 0.0823. The second-order valence-electron chi connectivity index (χ2n) is 23.3. The number of aliphatic hydroxyl groups excluding tert-OH is 12. The van der Waals surface area contributed by atoms with Crippen LogP contribution in [0.25, 0.3) is 0 Å². The van der Waals surface area contributed by atoms with Crippen LogP contribution in [0.2, 0.25) is 0 Å². The van der Waals surface area contributed by atoms with E-state index in [0.29, 0.717) is 26.2 Å². The number of esters is 1. The maximum Gasteiger partial charge on any atom is 0.308 e. The maximum atomic E-state index is 14.2. The Labute approximate surface area is 497 Å². The van der Waals surface area contributed by atoms with Crippen molar-refractivity contribution in [2.24, 2.45) is 17.8 Å². The molecular weight excluding hydrogens is 1110 g/mol. The number of rotatable bonds is 10. The van der Waals surface area contributed by atoms with E-state index in [1.165, 1.54) is 13.0 Å². The van der Waals surface area contributed by atoms with Gasteiger partial charge in [-0.05, 0) is 46.1 Å². The van der Waals surface area contributed by atoms with Crippen molar-refractivity contribution in [2.45, 2.75) is 207 Å². The molecule has 4 saturated heterocycles. The lowest BCUT2D eigenvalue weighted by atomic mass is 9.82. The van der Waals surface area contributed by atoms with Gasteiger partial charge in [-0.2, -0.15) is 0 Å². The third kappa shape index (κ3) is 23.0. The normalized spacial score (nSPS) is 41.7. The molecule has 1 amide bonds. The van der Waals surface area contributed by atoms with Gasteiger partial charge in [0.15, 0.2) is 12.1 Å². The van der Waals surface area contributed by atoms with Crippen molar-refractivity contribution < 1.29 is 110 Å². The molecule has 0 saturated carbocycles. The lowest BCUT2D eigenvalue weighted by Gasteiger charge is -2.47. The molecule has 0 aromatic carbocycles. The Morgan fingerprint density at radius 2 is 1.29 bits per heavy atom. The molecule has 23 atom stereocenters. The third-order valence-electron chi connectivity index (χ3n) is 16.3. The summed E-state index contributed by atoms with van der Waals surface area (Å²) in [5, 5.41) is 160. The molecule has 4 fully saturated rings. The van der Waals surface area contributed by atoms with Gasteiger partial charge < -0.3 is 111 Å². The van der Waals surface area contributed by atoms with Crippen molar-refractivity contribution >= 4 is 11.9 Å². The molecule has 0 aliphatic carbocycles. The summed E-state index contributed by atoms with van der Waals surface area (Å²) in [6.45, 7) is 8.95. The number of hydrogen-bond acceptors (Lipinski definition) is 24. The molecule has 3 unspecified atom stereocenters. The fraction of sp³-hybridized carbons (Fsp3) is 0.733. The van der Waals surface area contributed by atoms with Crippen molar-refractivity contribution in [3.8, 4) is 0 Å². The molecular formula is C60H97N3O22. The van der Waals surface area contributed by atoms with Crippen LogP contribution in [0.1, 0.15) is 85.5 Å². The van der Waals surface area contributed by atoms with Crippen LogP contribution in [-0.4, -0.2) is 262 Å².